The van der Waals surface area contributed by atoms with Gasteiger partial charge in [-0.3, -0.25) is 15.0 Å². The lowest BCUT2D eigenvalue weighted by Gasteiger charge is -2.13. The Morgan fingerprint density at radius 2 is 2.14 bits per heavy atom. The number of amidine groups is 1. The Labute approximate surface area is 166 Å². The van der Waals surface area contributed by atoms with Gasteiger partial charge in [0.1, 0.15) is 17.9 Å². The molecule has 2 atom stereocenters. The van der Waals surface area contributed by atoms with Gasteiger partial charge in [0.15, 0.2) is 0 Å². The van der Waals surface area contributed by atoms with Crippen LogP contribution >= 0.6 is 0 Å². The van der Waals surface area contributed by atoms with E-state index >= 15 is 0 Å². The average molecular weight is 398 g/mol. The molecule has 0 bridgehead atoms. The summed E-state index contributed by atoms with van der Waals surface area (Å²) in [6, 6.07) is 7.05. The summed E-state index contributed by atoms with van der Waals surface area (Å²) in [5.41, 5.74) is 7.98. The Morgan fingerprint density at radius 1 is 1.41 bits per heavy atom. The first-order chi connectivity index (χ1) is 13.8. The van der Waals surface area contributed by atoms with Crippen LogP contribution in [0.15, 0.2) is 41.9 Å². The summed E-state index contributed by atoms with van der Waals surface area (Å²) in [5.74, 6) is -2.31. The number of carboxylic acids is 1. The van der Waals surface area contributed by atoms with E-state index in [1.54, 1.807) is 42.1 Å². The molecule has 29 heavy (non-hydrogen) atoms. The zero-order chi connectivity index (χ0) is 21.0. The second kappa shape index (κ2) is 8.55. The number of hydrogen-bond donors (Lipinski definition) is 4. The van der Waals surface area contributed by atoms with Crippen molar-refractivity contribution in [2.24, 2.45) is 17.9 Å². The number of amides is 1. The molecular formula is C19H22N6O4. The highest BCUT2D eigenvalue weighted by Gasteiger charge is 2.27. The zero-order valence-corrected chi connectivity index (χ0v) is 15.8. The fourth-order valence-electron chi connectivity index (χ4n) is 2.98. The van der Waals surface area contributed by atoms with E-state index in [-0.39, 0.29) is 24.7 Å². The minimum absolute atomic E-state index is 0.0129. The van der Waals surface area contributed by atoms with Crippen molar-refractivity contribution in [1.82, 2.24) is 14.9 Å². The highest BCUT2D eigenvalue weighted by atomic mass is 16.6. The van der Waals surface area contributed by atoms with Crippen molar-refractivity contribution in [3.63, 3.8) is 0 Å². The SMILES string of the molecule is Cn1cnc([C@H](CNC(=O)CC2CC(c3ccc(C(=N)N)cc3)=NO2)C(=O)O)c1. The molecule has 152 valence electrons. The summed E-state index contributed by atoms with van der Waals surface area (Å²) in [7, 11) is 1.75. The van der Waals surface area contributed by atoms with Gasteiger partial charge in [0.25, 0.3) is 0 Å². The summed E-state index contributed by atoms with van der Waals surface area (Å²) < 4.78 is 1.65. The van der Waals surface area contributed by atoms with Crippen molar-refractivity contribution in [2.45, 2.75) is 24.9 Å². The molecule has 5 N–H and O–H groups in total. The first kappa shape index (κ1) is 20.1. The minimum atomic E-state index is -1.05. The fourth-order valence-corrected chi connectivity index (χ4v) is 2.98. The molecular weight excluding hydrogens is 376 g/mol. The molecule has 0 aliphatic carbocycles. The first-order valence-corrected chi connectivity index (χ1v) is 8.98. The summed E-state index contributed by atoms with van der Waals surface area (Å²) in [4.78, 5) is 33.1. The highest BCUT2D eigenvalue weighted by molar-refractivity contribution is 6.02. The molecule has 0 saturated carbocycles. The number of nitrogens with one attached hydrogen (secondary N) is 2. The van der Waals surface area contributed by atoms with Gasteiger partial charge in [-0.15, -0.1) is 0 Å². The van der Waals surface area contributed by atoms with Crippen molar-refractivity contribution >= 4 is 23.4 Å². The predicted octanol–water partition coefficient (Wildman–Crippen LogP) is 0.572. The van der Waals surface area contributed by atoms with Gasteiger partial charge in [-0.1, -0.05) is 29.4 Å². The maximum absolute atomic E-state index is 12.2. The Morgan fingerprint density at radius 3 is 2.72 bits per heavy atom. The monoisotopic (exact) mass is 398 g/mol. The summed E-state index contributed by atoms with van der Waals surface area (Å²) in [6.45, 7) is -0.0574. The average Bonchev–Trinajstić information content (AvgIpc) is 3.31. The van der Waals surface area contributed by atoms with Crippen LogP contribution in [-0.2, 0) is 21.5 Å². The third-order valence-electron chi connectivity index (χ3n) is 4.56. The quantitative estimate of drug-likeness (QED) is 0.376. The normalized spacial score (nSPS) is 16.6. The molecule has 2 heterocycles. The van der Waals surface area contributed by atoms with E-state index in [2.05, 4.69) is 15.5 Å². The largest absolute Gasteiger partial charge is 0.481 e. The van der Waals surface area contributed by atoms with Gasteiger partial charge < -0.3 is 25.6 Å². The Balaban J connectivity index is 1.50. The number of nitrogens with two attached hydrogens (primary N) is 1. The van der Waals surface area contributed by atoms with E-state index in [0.29, 0.717) is 23.4 Å². The number of carboxylic acid groups (broad SMARTS) is 1. The Hall–Kier alpha value is -3.69. The number of hydrogen-bond acceptors (Lipinski definition) is 6. The van der Waals surface area contributed by atoms with Crippen molar-refractivity contribution in [3.8, 4) is 0 Å². The molecule has 1 aliphatic heterocycles. The van der Waals surface area contributed by atoms with Crippen molar-refractivity contribution in [1.29, 1.82) is 5.41 Å². The number of oxime groups is 1. The Bertz CT molecular complexity index is 950. The standard InChI is InChI=1S/C19H22N6O4/c1-25-9-16(23-10-25)14(19(27)28)8-22-17(26)7-13-6-15(24-29-13)11-2-4-12(5-3-11)18(20)21/h2-5,9-10,13-14H,6-8H2,1H3,(H3,20,21)(H,22,26)(H,27,28)/t13?,14-/m0/s1. The lowest BCUT2D eigenvalue weighted by atomic mass is 10.0. The molecule has 0 spiro atoms. The van der Waals surface area contributed by atoms with Crippen LogP contribution < -0.4 is 11.1 Å². The molecule has 0 radical (unpaired) electrons. The van der Waals surface area contributed by atoms with Crippen LogP contribution in [-0.4, -0.2) is 50.7 Å². The van der Waals surface area contributed by atoms with Crippen LogP contribution in [0.3, 0.4) is 0 Å². The number of aromatic nitrogens is 2. The maximum Gasteiger partial charge on any atom is 0.314 e. The molecule has 0 saturated heterocycles. The van der Waals surface area contributed by atoms with Crippen molar-refractivity contribution in [2.75, 3.05) is 6.54 Å². The summed E-state index contributed by atoms with van der Waals surface area (Å²) in [5, 5.41) is 23.5. The highest BCUT2D eigenvalue weighted by Crippen LogP contribution is 2.20. The predicted molar refractivity (Wildman–Crippen MR) is 105 cm³/mol. The van der Waals surface area contributed by atoms with Gasteiger partial charge in [0.05, 0.1) is 24.2 Å². The van der Waals surface area contributed by atoms with Gasteiger partial charge in [0, 0.05) is 31.8 Å². The number of aliphatic carboxylic acids is 1. The molecule has 3 rings (SSSR count). The third kappa shape index (κ3) is 4.98. The number of benzene rings is 1. The smallest absolute Gasteiger partial charge is 0.314 e. The van der Waals surface area contributed by atoms with Crippen LogP contribution in [0, 0.1) is 5.41 Å². The summed E-state index contributed by atoms with van der Waals surface area (Å²) >= 11 is 0. The van der Waals surface area contributed by atoms with Crippen molar-refractivity contribution in [3.05, 3.63) is 53.6 Å². The van der Waals surface area contributed by atoms with Gasteiger partial charge >= 0.3 is 5.97 Å². The number of rotatable bonds is 8. The van der Waals surface area contributed by atoms with Gasteiger partial charge in [-0.25, -0.2) is 4.98 Å². The van der Waals surface area contributed by atoms with E-state index in [1.165, 1.54) is 6.33 Å². The third-order valence-corrected chi connectivity index (χ3v) is 4.56. The number of carbonyl (C=O) groups is 2. The van der Waals surface area contributed by atoms with Crippen LogP contribution in [0.1, 0.15) is 35.6 Å². The molecule has 1 aromatic carbocycles. The van der Waals surface area contributed by atoms with E-state index in [0.717, 1.165) is 5.56 Å². The van der Waals surface area contributed by atoms with Crippen LogP contribution in [0.4, 0.5) is 0 Å². The minimum Gasteiger partial charge on any atom is -0.481 e. The van der Waals surface area contributed by atoms with Crippen LogP contribution in [0.2, 0.25) is 0 Å². The molecule has 1 aromatic heterocycles. The topological polar surface area (TPSA) is 156 Å². The Kier molecular flexibility index (Phi) is 5.91. The molecule has 1 aliphatic rings. The second-order valence-electron chi connectivity index (χ2n) is 6.82. The lowest BCUT2D eigenvalue weighted by molar-refractivity contribution is -0.138. The molecule has 2 aromatic rings. The van der Waals surface area contributed by atoms with E-state index in [4.69, 9.17) is 16.0 Å². The van der Waals surface area contributed by atoms with E-state index < -0.39 is 18.0 Å². The van der Waals surface area contributed by atoms with E-state index in [1.807, 2.05) is 0 Å². The van der Waals surface area contributed by atoms with Crippen LogP contribution in [0.25, 0.3) is 0 Å². The molecule has 1 amide bonds. The number of imidazole rings is 1. The number of nitrogen functional groups attached to an aromatic ring is 1. The van der Waals surface area contributed by atoms with E-state index in [9.17, 15) is 14.7 Å². The van der Waals surface area contributed by atoms with Gasteiger partial charge in [-0.05, 0) is 5.56 Å². The molecule has 10 nitrogen and oxygen atoms in total. The second-order valence-corrected chi connectivity index (χ2v) is 6.82. The number of nitrogens with zero attached hydrogens (tertiary/aromatic N) is 3. The first-order valence-electron chi connectivity index (χ1n) is 8.98. The number of carbonyl (C=O) groups excluding carboxylic acids is 1. The molecule has 0 fully saturated rings. The molecule has 1 unspecified atom stereocenters. The number of aryl methyl sites for hydroxylation is 1. The fraction of sp³-hybridized carbons (Fsp3) is 0.316. The van der Waals surface area contributed by atoms with Crippen molar-refractivity contribution < 1.29 is 19.5 Å². The van der Waals surface area contributed by atoms with Crippen LogP contribution in [0.5, 0.6) is 0 Å². The molecule has 10 heteroatoms. The van der Waals surface area contributed by atoms with Gasteiger partial charge in [-0.2, -0.15) is 0 Å². The maximum atomic E-state index is 12.2. The van der Waals surface area contributed by atoms with Gasteiger partial charge in [0.2, 0.25) is 5.91 Å². The summed E-state index contributed by atoms with van der Waals surface area (Å²) in [6.07, 6.45) is 3.22. The zero-order valence-electron chi connectivity index (χ0n) is 15.8. The lowest BCUT2D eigenvalue weighted by Crippen LogP contribution is -2.33.